The van der Waals surface area contributed by atoms with Crippen molar-refractivity contribution in [3.8, 4) is 0 Å². The summed E-state index contributed by atoms with van der Waals surface area (Å²) in [5.74, 6) is 1.15. The molecule has 3 N–H and O–H groups in total. The minimum atomic E-state index is 0.323. The summed E-state index contributed by atoms with van der Waals surface area (Å²) in [6.07, 6.45) is 5.24. The molecule has 0 amide bonds. The topological polar surface area (TPSA) is 94.5 Å². The zero-order valence-corrected chi connectivity index (χ0v) is 11.3. The van der Waals surface area contributed by atoms with Crippen LogP contribution in [0.3, 0.4) is 0 Å². The van der Waals surface area contributed by atoms with Gasteiger partial charge in [0.15, 0.2) is 0 Å². The van der Waals surface area contributed by atoms with Crippen LogP contribution in [0, 0.1) is 6.92 Å². The number of hydrogen-bond acceptors (Lipinski definition) is 6. The van der Waals surface area contributed by atoms with E-state index in [-0.39, 0.29) is 0 Å². The van der Waals surface area contributed by atoms with Crippen LogP contribution in [0.5, 0.6) is 0 Å². The second kappa shape index (κ2) is 6.12. The first-order valence-electron chi connectivity index (χ1n) is 6.40. The Hall–Kier alpha value is -2.18. The molecule has 0 spiro atoms. The molecule has 0 fully saturated rings. The monoisotopic (exact) mass is 261 g/mol. The van der Waals surface area contributed by atoms with Crippen LogP contribution in [-0.2, 0) is 13.0 Å². The maximum atomic E-state index is 5.70. The van der Waals surface area contributed by atoms with Crippen molar-refractivity contribution in [2.24, 2.45) is 0 Å². The van der Waals surface area contributed by atoms with Crippen molar-refractivity contribution in [2.45, 2.75) is 33.2 Å². The summed E-state index contributed by atoms with van der Waals surface area (Å²) in [6, 6.07) is 0. The van der Waals surface area contributed by atoms with Crippen LogP contribution >= 0.6 is 0 Å². The molecule has 0 aliphatic heterocycles. The number of nitrogen functional groups attached to an aromatic ring is 1. The molecule has 0 aliphatic carbocycles. The Morgan fingerprint density at radius 1 is 1.26 bits per heavy atom. The molecule has 102 valence electrons. The van der Waals surface area contributed by atoms with Gasteiger partial charge in [0.2, 0.25) is 5.95 Å². The third-order valence-corrected chi connectivity index (χ3v) is 2.95. The third-order valence-electron chi connectivity index (χ3n) is 2.95. The van der Waals surface area contributed by atoms with Gasteiger partial charge in [-0.15, -0.1) is 10.2 Å². The SMILES string of the molecule is CCc1nc(N)nc(NCCCn2cnnc2)c1C. The minimum Gasteiger partial charge on any atom is -0.370 e. The first-order chi connectivity index (χ1) is 9.20. The molecule has 2 aromatic heterocycles. The van der Waals surface area contributed by atoms with Gasteiger partial charge in [0.1, 0.15) is 18.5 Å². The molecule has 2 aromatic rings. The molecule has 0 aliphatic rings. The van der Waals surface area contributed by atoms with Gasteiger partial charge in [-0.1, -0.05) is 6.92 Å². The molecule has 19 heavy (non-hydrogen) atoms. The molecule has 0 bridgehead atoms. The summed E-state index contributed by atoms with van der Waals surface area (Å²) in [4.78, 5) is 8.47. The lowest BCUT2D eigenvalue weighted by Crippen LogP contribution is -2.11. The molecule has 0 saturated carbocycles. The van der Waals surface area contributed by atoms with Crippen LogP contribution in [0.25, 0.3) is 0 Å². The molecule has 0 atom stereocenters. The molecule has 7 heteroatoms. The predicted molar refractivity (Wildman–Crippen MR) is 73.7 cm³/mol. The van der Waals surface area contributed by atoms with Crippen molar-refractivity contribution >= 4 is 11.8 Å². The third kappa shape index (κ3) is 3.40. The van der Waals surface area contributed by atoms with Gasteiger partial charge < -0.3 is 15.6 Å². The Morgan fingerprint density at radius 3 is 2.68 bits per heavy atom. The maximum Gasteiger partial charge on any atom is 0.222 e. The predicted octanol–water partition coefficient (Wildman–Crippen LogP) is 1.02. The minimum absolute atomic E-state index is 0.323. The Balaban J connectivity index is 1.90. The summed E-state index contributed by atoms with van der Waals surface area (Å²) in [7, 11) is 0. The van der Waals surface area contributed by atoms with Crippen LogP contribution in [0.15, 0.2) is 12.7 Å². The van der Waals surface area contributed by atoms with Crippen molar-refractivity contribution in [3.05, 3.63) is 23.9 Å². The van der Waals surface area contributed by atoms with E-state index in [1.54, 1.807) is 12.7 Å². The second-order valence-electron chi connectivity index (χ2n) is 4.34. The molecular formula is C12H19N7. The number of rotatable bonds is 6. The van der Waals surface area contributed by atoms with E-state index < -0.39 is 0 Å². The van der Waals surface area contributed by atoms with Crippen LogP contribution in [0.4, 0.5) is 11.8 Å². The van der Waals surface area contributed by atoms with Gasteiger partial charge in [-0.3, -0.25) is 0 Å². The highest BCUT2D eigenvalue weighted by Crippen LogP contribution is 2.16. The van der Waals surface area contributed by atoms with E-state index in [2.05, 4.69) is 32.4 Å². The zero-order chi connectivity index (χ0) is 13.7. The normalized spacial score (nSPS) is 10.6. The molecule has 0 saturated heterocycles. The van der Waals surface area contributed by atoms with Crippen LogP contribution < -0.4 is 11.1 Å². The Kier molecular flexibility index (Phi) is 4.27. The standard InChI is InChI=1S/C12H19N7/c1-3-10-9(2)11(18-12(13)17-10)14-5-4-6-19-7-15-16-8-19/h7-8H,3-6H2,1-2H3,(H3,13,14,17,18). The quantitative estimate of drug-likeness (QED) is 0.754. The highest BCUT2D eigenvalue weighted by Gasteiger charge is 2.07. The van der Waals surface area contributed by atoms with E-state index in [9.17, 15) is 0 Å². The number of hydrogen-bond donors (Lipinski definition) is 2. The van der Waals surface area contributed by atoms with E-state index in [4.69, 9.17) is 5.73 Å². The molecule has 7 nitrogen and oxygen atoms in total. The van der Waals surface area contributed by atoms with Crippen molar-refractivity contribution in [3.63, 3.8) is 0 Å². The maximum absolute atomic E-state index is 5.70. The number of anilines is 2. The lowest BCUT2D eigenvalue weighted by Gasteiger charge is -2.11. The van der Waals surface area contributed by atoms with Gasteiger partial charge in [-0.05, 0) is 19.8 Å². The van der Waals surface area contributed by atoms with E-state index in [1.165, 1.54) is 0 Å². The fourth-order valence-corrected chi connectivity index (χ4v) is 1.90. The fourth-order valence-electron chi connectivity index (χ4n) is 1.90. The number of aryl methyl sites for hydroxylation is 2. The van der Waals surface area contributed by atoms with E-state index in [1.807, 2.05) is 11.5 Å². The number of nitrogens with one attached hydrogen (secondary N) is 1. The van der Waals surface area contributed by atoms with Crippen LogP contribution in [0.1, 0.15) is 24.6 Å². The highest BCUT2D eigenvalue weighted by molar-refractivity contribution is 5.48. The summed E-state index contributed by atoms with van der Waals surface area (Å²) in [6.45, 7) is 5.77. The average molecular weight is 261 g/mol. The van der Waals surface area contributed by atoms with Gasteiger partial charge in [0, 0.05) is 18.7 Å². The van der Waals surface area contributed by atoms with Crippen molar-refractivity contribution in [1.29, 1.82) is 0 Å². The van der Waals surface area contributed by atoms with Gasteiger partial charge in [-0.2, -0.15) is 4.98 Å². The Bertz CT molecular complexity index is 521. The number of nitrogens with zero attached hydrogens (tertiary/aromatic N) is 5. The first-order valence-corrected chi connectivity index (χ1v) is 6.40. The lowest BCUT2D eigenvalue weighted by atomic mass is 10.2. The zero-order valence-electron chi connectivity index (χ0n) is 11.3. The lowest BCUT2D eigenvalue weighted by molar-refractivity contribution is 0.658. The van der Waals surface area contributed by atoms with Gasteiger partial charge in [0.25, 0.3) is 0 Å². The van der Waals surface area contributed by atoms with Crippen molar-refractivity contribution in [2.75, 3.05) is 17.6 Å². The average Bonchev–Trinajstić information content (AvgIpc) is 2.91. The van der Waals surface area contributed by atoms with E-state index in [0.717, 1.165) is 43.0 Å². The molecule has 0 radical (unpaired) electrons. The fraction of sp³-hybridized carbons (Fsp3) is 0.500. The van der Waals surface area contributed by atoms with Gasteiger partial charge in [0.05, 0.1) is 5.69 Å². The molecule has 2 rings (SSSR count). The van der Waals surface area contributed by atoms with E-state index >= 15 is 0 Å². The van der Waals surface area contributed by atoms with E-state index in [0.29, 0.717) is 5.95 Å². The molecule has 0 unspecified atom stereocenters. The van der Waals surface area contributed by atoms with Crippen molar-refractivity contribution in [1.82, 2.24) is 24.7 Å². The highest BCUT2D eigenvalue weighted by atomic mass is 15.2. The molecule has 0 aromatic carbocycles. The molecule has 2 heterocycles. The largest absolute Gasteiger partial charge is 0.370 e. The smallest absolute Gasteiger partial charge is 0.222 e. The van der Waals surface area contributed by atoms with Crippen molar-refractivity contribution < 1.29 is 0 Å². The Labute approximate surface area is 112 Å². The van der Waals surface area contributed by atoms with Crippen LogP contribution in [-0.4, -0.2) is 31.3 Å². The summed E-state index contributed by atoms with van der Waals surface area (Å²) < 4.78 is 1.94. The number of aromatic nitrogens is 5. The van der Waals surface area contributed by atoms with Crippen LogP contribution in [0.2, 0.25) is 0 Å². The number of nitrogens with two attached hydrogens (primary N) is 1. The summed E-state index contributed by atoms with van der Waals surface area (Å²) in [5, 5.41) is 10.8. The van der Waals surface area contributed by atoms with Gasteiger partial charge >= 0.3 is 0 Å². The van der Waals surface area contributed by atoms with Gasteiger partial charge in [-0.25, -0.2) is 4.98 Å². The second-order valence-corrected chi connectivity index (χ2v) is 4.34. The first kappa shape index (κ1) is 13.3. The summed E-state index contributed by atoms with van der Waals surface area (Å²) >= 11 is 0. The molecular weight excluding hydrogens is 242 g/mol. The summed E-state index contributed by atoms with van der Waals surface area (Å²) in [5.41, 5.74) is 7.77. The Morgan fingerprint density at radius 2 is 2.00 bits per heavy atom.